The lowest BCUT2D eigenvalue weighted by atomic mass is 10.2. The molecule has 0 fully saturated rings. The van der Waals surface area contributed by atoms with Gasteiger partial charge in [-0.1, -0.05) is 0 Å². The van der Waals surface area contributed by atoms with Gasteiger partial charge in [0.25, 0.3) is 0 Å². The van der Waals surface area contributed by atoms with Crippen LogP contribution in [0, 0.1) is 0 Å². The fraction of sp³-hybridized carbons (Fsp3) is 0.235. The highest BCUT2D eigenvalue weighted by Gasteiger charge is 2.06. The highest BCUT2D eigenvalue weighted by molar-refractivity contribution is 5.65. The molecule has 2 heterocycles. The van der Waals surface area contributed by atoms with Gasteiger partial charge >= 0.3 is 0 Å². The maximum absolute atomic E-state index is 5.18. The zero-order valence-corrected chi connectivity index (χ0v) is 12.5. The average Bonchev–Trinajstić information content (AvgIpc) is 2.90. The van der Waals surface area contributed by atoms with Crippen LogP contribution in [-0.2, 0) is 0 Å². The van der Waals surface area contributed by atoms with Crippen molar-refractivity contribution in [1.82, 2.24) is 9.38 Å². The van der Waals surface area contributed by atoms with Gasteiger partial charge in [-0.2, -0.15) is 0 Å². The number of nitrogens with one attached hydrogen (secondary N) is 1. The molecule has 0 bridgehead atoms. The molecule has 4 nitrogen and oxygen atoms in total. The van der Waals surface area contributed by atoms with Gasteiger partial charge in [0.15, 0.2) is 0 Å². The maximum Gasteiger partial charge on any atom is 0.139 e. The summed E-state index contributed by atoms with van der Waals surface area (Å²) >= 11 is 0. The normalized spacial score (nSPS) is 11.0. The van der Waals surface area contributed by atoms with Crippen molar-refractivity contribution in [3.05, 3.63) is 48.8 Å². The van der Waals surface area contributed by atoms with Crippen molar-refractivity contribution in [2.45, 2.75) is 19.9 Å². The van der Waals surface area contributed by atoms with Gasteiger partial charge in [-0.05, 0) is 44.2 Å². The molecule has 0 saturated heterocycles. The van der Waals surface area contributed by atoms with E-state index in [0.717, 1.165) is 28.3 Å². The van der Waals surface area contributed by atoms with Crippen LogP contribution in [0.1, 0.15) is 13.8 Å². The number of ether oxygens (including phenoxy) is 1. The van der Waals surface area contributed by atoms with E-state index in [1.54, 1.807) is 7.11 Å². The third-order valence-corrected chi connectivity index (χ3v) is 3.30. The van der Waals surface area contributed by atoms with E-state index in [1.165, 1.54) is 0 Å². The minimum Gasteiger partial charge on any atom is -0.497 e. The van der Waals surface area contributed by atoms with Gasteiger partial charge in [0, 0.05) is 35.8 Å². The lowest BCUT2D eigenvalue weighted by Gasteiger charge is -2.09. The van der Waals surface area contributed by atoms with E-state index in [2.05, 4.69) is 36.3 Å². The van der Waals surface area contributed by atoms with E-state index in [-0.39, 0.29) is 0 Å². The Morgan fingerprint density at radius 2 is 1.90 bits per heavy atom. The van der Waals surface area contributed by atoms with Crippen molar-refractivity contribution in [3.8, 4) is 17.0 Å². The summed E-state index contributed by atoms with van der Waals surface area (Å²) in [6.45, 7) is 4.25. The smallest absolute Gasteiger partial charge is 0.139 e. The Balaban J connectivity index is 1.95. The van der Waals surface area contributed by atoms with Crippen LogP contribution in [-0.4, -0.2) is 22.5 Å². The molecule has 1 aromatic carbocycles. The van der Waals surface area contributed by atoms with Gasteiger partial charge in [0.05, 0.1) is 12.8 Å². The van der Waals surface area contributed by atoms with E-state index >= 15 is 0 Å². The van der Waals surface area contributed by atoms with E-state index in [0.29, 0.717) is 6.04 Å². The van der Waals surface area contributed by atoms with Crippen LogP contribution in [0.15, 0.2) is 48.8 Å². The average molecular weight is 281 g/mol. The summed E-state index contributed by atoms with van der Waals surface area (Å²) in [5.74, 6) is 0.853. The highest BCUT2D eigenvalue weighted by atomic mass is 16.5. The van der Waals surface area contributed by atoms with Gasteiger partial charge in [-0.25, -0.2) is 4.98 Å². The first-order valence-electron chi connectivity index (χ1n) is 7.05. The molecule has 0 spiro atoms. The van der Waals surface area contributed by atoms with Crippen molar-refractivity contribution >= 4 is 11.3 Å². The maximum atomic E-state index is 5.18. The molecule has 0 saturated carbocycles. The number of anilines is 1. The molecule has 1 N–H and O–H groups in total. The SMILES string of the molecule is COc1ccc(-c2cn3ccc(NC(C)C)cc3n2)cc1. The molecule has 4 heteroatoms. The summed E-state index contributed by atoms with van der Waals surface area (Å²) in [6.07, 6.45) is 4.07. The molecule has 0 radical (unpaired) electrons. The second-order valence-electron chi connectivity index (χ2n) is 5.33. The zero-order chi connectivity index (χ0) is 14.8. The van der Waals surface area contributed by atoms with E-state index < -0.39 is 0 Å². The Morgan fingerprint density at radius 3 is 2.57 bits per heavy atom. The van der Waals surface area contributed by atoms with Gasteiger partial charge in [0.1, 0.15) is 11.4 Å². The second kappa shape index (κ2) is 5.48. The van der Waals surface area contributed by atoms with Crippen molar-refractivity contribution in [3.63, 3.8) is 0 Å². The highest BCUT2D eigenvalue weighted by Crippen LogP contribution is 2.23. The quantitative estimate of drug-likeness (QED) is 0.790. The molecule has 108 valence electrons. The summed E-state index contributed by atoms with van der Waals surface area (Å²) < 4.78 is 7.22. The Bertz CT molecular complexity index is 744. The second-order valence-corrected chi connectivity index (χ2v) is 5.33. The van der Waals surface area contributed by atoms with E-state index in [1.807, 2.05) is 41.1 Å². The lowest BCUT2D eigenvalue weighted by molar-refractivity contribution is 0.415. The van der Waals surface area contributed by atoms with Gasteiger partial charge in [-0.15, -0.1) is 0 Å². The van der Waals surface area contributed by atoms with Crippen molar-refractivity contribution < 1.29 is 4.74 Å². The number of nitrogens with zero attached hydrogens (tertiary/aromatic N) is 2. The first kappa shape index (κ1) is 13.5. The molecular weight excluding hydrogens is 262 g/mol. The first-order chi connectivity index (χ1) is 10.2. The molecule has 3 aromatic rings. The predicted molar refractivity (Wildman–Crippen MR) is 85.9 cm³/mol. The largest absolute Gasteiger partial charge is 0.497 e. The first-order valence-corrected chi connectivity index (χ1v) is 7.05. The van der Waals surface area contributed by atoms with Crippen LogP contribution >= 0.6 is 0 Å². The monoisotopic (exact) mass is 281 g/mol. The van der Waals surface area contributed by atoms with Gasteiger partial charge < -0.3 is 14.5 Å². The van der Waals surface area contributed by atoms with Crippen LogP contribution in [0.25, 0.3) is 16.9 Å². The third-order valence-electron chi connectivity index (χ3n) is 3.30. The molecule has 0 atom stereocenters. The number of imidazole rings is 1. The molecule has 0 amide bonds. The van der Waals surface area contributed by atoms with E-state index in [4.69, 9.17) is 4.74 Å². The molecular formula is C17H19N3O. The lowest BCUT2D eigenvalue weighted by Crippen LogP contribution is -2.09. The van der Waals surface area contributed by atoms with Gasteiger partial charge in [-0.3, -0.25) is 0 Å². The molecule has 0 aliphatic rings. The number of pyridine rings is 1. The summed E-state index contributed by atoms with van der Waals surface area (Å²) in [7, 11) is 1.67. The Hall–Kier alpha value is -2.49. The number of aromatic nitrogens is 2. The standard InChI is InChI=1S/C17H19N3O/c1-12(2)18-14-8-9-20-11-16(19-17(20)10-14)13-4-6-15(21-3)7-5-13/h4-12,18H,1-3H3. The number of rotatable bonds is 4. The fourth-order valence-electron chi connectivity index (χ4n) is 2.31. The van der Waals surface area contributed by atoms with Crippen LogP contribution in [0.5, 0.6) is 5.75 Å². The van der Waals surface area contributed by atoms with Crippen LogP contribution in [0.4, 0.5) is 5.69 Å². The Labute approximate surface area is 124 Å². The molecule has 0 aliphatic heterocycles. The summed E-state index contributed by atoms with van der Waals surface area (Å²) in [6, 6.07) is 12.5. The summed E-state index contributed by atoms with van der Waals surface area (Å²) in [5.41, 5.74) is 4.06. The Kier molecular flexibility index (Phi) is 3.52. The minimum absolute atomic E-state index is 0.406. The molecule has 0 unspecified atom stereocenters. The third kappa shape index (κ3) is 2.84. The fourth-order valence-corrected chi connectivity index (χ4v) is 2.31. The van der Waals surface area contributed by atoms with E-state index in [9.17, 15) is 0 Å². The molecule has 3 rings (SSSR count). The number of methoxy groups -OCH3 is 1. The molecule has 2 aromatic heterocycles. The minimum atomic E-state index is 0.406. The number of hydrogen-bond donors (Lipinski definition) is 1. The van der Waals surface area contributed by atoms with Crippen LogP contribution < -0.4 is 10.1 Å². The predicted octanol–water partition coefficient (Wildman–Crippen LogP) is 3.83. The summed E-state index contributed by atoms with van der Waals surface area (Å²) in [5, 5.41) is 3.39. The van der Waals surface area contributed by atoms with Crippen LogP contribution in [0.3, 0.4) is 0 Å². The Morgan fingerprint density at radius 1 is 1.14 bits per heavy atom. The summed E-state index contributed by atoms with van der Waals surface area (Å²) in [4.78, 5) is 4.69. The number of fused-ring (bicyclic) bond motifs is 1. The van der Waals surface area contributed by atoms with Crippen molar-refractivity contribution in [2.75, 3.05) is 12.4 Å². The molecule has 21 heavy (non-hydrogen) atoms. The van der Waals surface area contributed by atoms with Gasteiger partial charge in [0.2, 0.25) is 0 Å². The van der Waals surface area contributed by atoms with Crippen molar-refractivity contribution in [1.29, 1.82) is 0 Å². The number of hydrogen-bond acceptors (Lipinski definition) is 3. The van der Waals surface area contributed by atoms with Crippen molar-refractivity contribution in [2.24, 2.45) is 0 Å². The zero-order valence-electron chi connectivity index (χ0n) is 12.5. The van der Waals surface area contributed by atoms with Crippen LogP contribution in [0.2, 0.25) is 0 Å². The topological polar surface area (TPSA) is 38.6 Å². The number of benzene rings is 1. The molecule has 0 aliphatic carbocycles.